The quantitative estimate of drug-likeness (QED) is 0.549. The van der Waals surface area contributed by atoms with E-state index < -0.39 is 0 Å². The highest BCUT2D eigenvalue weighted by Gasteiger charge is 2.21. The molecule has 0 spiro atoms. The molecule has 2 heterocycles. The SMILES string of the molecule is Cn1ccnc1[C@H](NC(=O)c1ccc(-n2cccc2)cc1)c1ccc(Cl)cc1. The van der Waals surface area contributed by atoms with E-state index >= 15 is 0 Å². The predicted octanol–water partition coefficient (Wildman–Crippen LogP) is 4.38. The van der Waals surface area contributed by atoms with Crippen LogP contribution in [0.4, 0.5) is 0 Å². The Labute approximate surface area is 168 Å². The Morgan fingerprint density at radius 2 is 1.68 bits per heavy atom. The predicted molar refractivity (Wildman–Crippen MR) is 110 cm³/mol. The van der Waals surface area contributed by atoms with Crippen LogP contribution in [-0.2, 0) is 7.05 Å². The van der Waals surface area contributed by atoms with Gasteiger partial charge in [-0.05, 0) is 54.1 Å². The zero-order valence-electron chi connectivity index (χ0n) is 15.3. The highest BCUT2D eigenvalue weighted by molar-refractivity contribution is 6.30. The first-order chi connectivity index (χ1) is 13.6. The van der Waals surface area contributed by atoms with Gasteiger partial charge in [-0.2, -0.15) is 0 Å². The summed E-state index contributed by atoms with van der Waals surface area (Å²) in [7, 11) is 1.91. The molecule has 2 aromatic carbocycles. The monoisotopic (exact) mass is 390 g/mol. The Bertz CT molecular complexity index is 1070. The number of rotatable bonds is 5. The molecule has 28 heavy (non-hydrogen) atoms. The van der Waals surface area contributed by atoms with E-state index in [0.717, 1.165) is 17.1 Å². The minimum absolute atomic E-state index is 0.165. The van der Waals surface area contributed by atoms with Gasteiger partial charge in [-0.3, -0.25) is 4.79 Å². The van der Waals surface area contributed by atoms with Gasteiger partial charge in [-0.1, -0.05) is 23.7 Å². The molecule has 0 saturated carbocycles. The molecule has 140 valence electrons. The Morgan fingerprint density at radius 3 is 2.29 bits per heavy atom. The number of halogens is 1. The van der Waals surface area contributed by atoms with Gasteiger partial charge in [0.25, 0.3) is 5.91 Å². The zero-order valence-corrected chi connectivity index (χ0v) is 16.0. The molecule has 0 unspecified atom stereocenters. The third-order valence-electron chi connectivity index (χ3n) is 4.63. The van der Waals surface area contributed by atoms with Crippen LogP contribution >= 0.6 is 11.6 Å². The van der Waals surface area contributed by atoms with E-state index in [4.69, 9.17) is 11.6 Å². The van der Waals surface area contributed by atoms with E-state index in [1.165, 1.54) is 0 Å². The maximum absolute atomic E-state index is 12.9. The summed E-state index contributed by atoms with van der Waals surface area (Å²) in [4.78, 5) is 17.3. The second-order valence-electron chi connectivity index (χ2n) is 6.49. The zero-order chi connectivity index (χ0) is 19.5. The number of carbonyl (C=O) groups is 1. The van der Waals surface area contributed by atoms with Crippen LogP contribution in [0.2, 0.25) is 5.02 Å². The van der Waals surface area contributed by atoms with Crippen molar-refractivity contribution in [2.24, 2.45) is 7.05 Å². The van der Waals surface area contributed by atoms with Crippen molar-refractivity contribution in [1.82, 2.24) is 19.4 Å². The Kier molecular flexibility index (Phi) is 5.00. The molecule has 0 fully saturated rings. The molecule has 0 bridgehead atoms. The van der Waals surface area contributed by atoms with Crippen LogP contribution in [0.5, 0.6) is 0 Å². The lowest BCUT2D eigenvalue weighted by Crippen LogP contribution is -2.31. The van der Waals surface area contributed by atoms with E-state index in [9.17, 15) is 4.79 Å². The van der Waals surface area contributed by atoms with Gasteiger partial charge in [-0.25, -0.2) is 4.98 Å². The summed E-state index contributed by atoms with van der Waals surface area (Å²) >= 11 is 6.02. The van der Waals surface area contributed by atoms with Crippen molar-refractivity contribution in [1.29, 1.82) is 0 Å². The standard InChI is InChI=1S/C22H19ClN4O/c1-26-15-12-24-21(26)20(16-4-8-18(23)9-5-16)25-22(28)17-6-10-19(11-7-17)27-13-2-3-14-27/h2-15,20H,1H3,(H,25,28)/t20-/m1/s1. The molecule has 0 aliphatic carbocycles. The van der Waals surface area contributed by atoms with Gasteiger partial charge in [0.2, 0.25) is 0 Å². The molecule has 0 radical (unpaired) electrons. The summed E-state index contributed by atoms with van der Waals surface area (Å²) in [6.45, 7) is 0. The lowest BCUT2D eigenvalue weighted by Gasteiger charge is -2.19. The molecule has 4 aromatic rings. The van der Waals surface area contributed by atoms with Crippen LogP contribution in [0.25, 0.3) is 5.69 Å². The molecule has 6 heteroatoms. The third-order valence-corrected chi connectivity index (χ3v) is 4.88. The van der Waals surface area contributed by atoms with E-state index in [0.29, 0.717) is 10.6 Å². The van der Waals surface area contributed by atoms with Crippen molar-refractivity contribution in [3.8, 4) is 5.69 Å². The molecule has 1 atom stereocenters. The fraction of sp³-hybridized carbons (Fsp3) is 0.0909. The van der Waals surface area contributed by atoms with Crippen LogP contribution in [0.15, 0.2) is 85.5 Å². The first kappa shape index (κ1) is 18.1. The molecular formula is C22H19ClN4O. The lowest BCUT2D eigenvalue weighted by atomic mass is 10.1. The topological polar surface area (TPSA) is 51.9 Å². The second-order valence-corrected chi connectivity index (χ2v) is 6.93. The molecule has 0 saturated heterocycles. The summed E-state index contributed by atoms with van der Waals surface area (Å²) in [6.07, 6.45) is 7.51. The molecule has 1 amide bonds. The first-order valence-electron chi connectivity index (χ1n) is 8.89. The summed E-state index contributed by atoms with van der Waals surface area (Å²) in [5, 5.41) is 3.74. The van der Waals surface area contributed by atoms with Crippen molar-refractivity contribution in [3.05, 3.63) is 107 Å². The molecule has 5 nitrogen and oxygen atoms in total. The van der Waals surface area contributed by atoms with Crippen LogP contribution in [0, 0.1) is 0 Å². The minimum Gasteiger partial charge on any atom is -0.338 e. The van der Waals surface area contributed by atoms with Gasteiger partial charge in [-0.15, -0.1) is 0 Å². The number of hydrogen-bond donors (Lipinski definition) is 1. The summed E-state index contributed by atoms with van der Waals surface area (Å²) in [5.41, 5.74) is 2.50. The van der Waals surface area contributed by atoms with Gasteiger partial charge in [0, 0.05) is 48.1 Å². The van der Waals surface area contributed by atoms with Gasteiger partial charge < -0.3 is 14.5 Å². The van der Waals surface area contributed by atoms with Gasteiger partial charge in [0.1, 0.15) is 11.9 Å². The van der Waals surface area contributed by atoms with Crippen LogP contribution < -0.4 is 5.32 Å². The number of aromatic nitrogens is 3. The van der Waals surface area contributed by atoms with E-state index in [1.807, 2.05) is 95.4 Å². The maximum atomic E-state index is 12.9. The summed E-state index contributed by atoms with van der Waals surface area (Å²) in [5.74, 6) is 0.585. The minimum atomic E-state index is -0.381. The highest BCUT2D eigenvalue weighted by Crippen LogP contribution is 2.23. The fourth-order valence-corrected chi connectivity index (χ4v) is 3.24. The molecule has 0 aliphatic heterocycles. The molecule has 1 N–H and O–H groups in total. The fourth-order valence-electron chi connectivity index (χ4n) is 3.11. The first-order valence-corrected chi connectivity index (χ1v) is 9.26. The van der Waals surface area contributed by atoms with E-state index in [1.54, 1.807) is 6.20 Å². The Balaban J connectivity index is 1.60. The smallest absolute Gasteiger partial charge is 0.252 e. The van der Waals surface area contributed by atoms with Crippen LogP contribution in [0.1, 0.15) is 27.8 Å². The third kappa shape index (κ3) is 3.70. The highest BCUT2D eigenvalue weighted by atomic mass is 35.5. The Hall–Kier alpha value is -3.31. The van der Waals surface area contributed by atoms with Crippen molar-refractivity contribution in [2.45, 2.75) is 6.04 Å². The van der Waals surface area contributed by atoms with Crippen molar-refractivity contribution >= 4 is 17.5 Å². The molecule has 0 aliphatic rings. The number of amides is 1. The number of imidazole rings is 1. The summed E-state index contributed by atoms with van der Waals surface area (Å²) < 4.78 is 3.89. The van der Waals surface area contributed by atoms with Crippen molar-refractivity contribution < 1.29 is 4.79 Å². The molecule has 4 rings (SSSR count). The molecule has 2 aromatic heterocycles. The lowest BCUT2D eigenvalue weighted by molar-refractivity contribution is 0.0941. The van der Waals surface area contributed by atoms with Crippen molar-refractivity contribution in [2.75, 3.05) is 0 Å². The van der Waals surface area contributed by atoms with Crippen LogP contribution in [-0.4, -0.2) is 20.0 Å². The average molecular weight is 391 g/mol. The van der Waals surface area contributed by atoms with Crippen LogP contribution in [0.3, 0.4) is 0 Å². The van der Waals surface area contributed by atoms with E-state index in [2.05, 4.69) is 10.3 Å². The number of carbonyl (C=O) groups excluding carboxylic acids is 1. The largest absolute Gasteiger partial charge is 0.338 e. The average Bonchev–Trinajstić information content (AvgIpc) is 3.39. The number of hydrogen-bond acceptors (Lipinski definition) is 2. The number of benzene rings is 2. The van der Waals surface area contributed by atoms with Gasteiger partial charge in [0.15, 0.2) is 0 Å². The maximum Gasteiger partial charge on any atom is 0.252 e. The Morgan fingerprint density at radius 1 is 1.00 bits per heavy atom. The van der Waals surface area contributed by atoms with Gasteiger partial charge >= 0.3 is 0 Å². The normalized spacial score (nSPS) is 11.9. The van der Waals surface area contributed by atoms with Gasteiger partial charge in [0.05, 0.1) is 0 Å². The van der Waals surface area contributed by atoms with Crippen molar-refractivity contribution in [3.63, 3.8) is 0 Å². The van der Waals surface area contributed by atoms with E-state index in [-0.39, 0.29) is 11.9 Å². The number of nitrogens with zero attached hydrogens (tertiary/aromatic N) is 3. The second kappa shape index (κ2) is 7.74. The number of nitrogens with one attached hydrogen (secondary N) is 1. The summed E-state index contributed by atoms with van der Waals surface area (Å²) in [6, 6.07) is 18.5. The molecular weight excluding hydrogens is 372 g/mol. The number of aryl methyl sites for hydroxylation is 1.